The molecule has 1 N–H and O–H groups in total. The summed E-state index contributed by atoms with van der Waals surface area (Å²) in [6.45, 7) is 3.34. The van der Waals surface area contributed by atoms with Crippen LogP contribution in [0.2, 0.25) is 0 Å². The van der Waals surface area contributed by atoms with Gasteiger partial charge in [0.2, 0.25) is 16.8 Å². The number of sulfonamides is 1. The summed E-state index contributed by atoms with van der Waals surface area (Å²) in [6.07, 6.45) is 0. The van der Waals surface area contributed by atoms with E-state index in [2.05, 4.69) is 14.5 Å². The van der Waals surface area contributed by atoms with Gasteiger partial charge in [0.05, 0.1) is 4.90 Å². The van der Waals surface area contributed by atoms with Gasteiger partial charge in [-0.3, -0.25) is 4.90 Å². The van der Waals surface area contributed by atoms with Crippen molar-refractivity contribution in [3.63, 3.8) is 0 Å². The van der Waals surface area contributed by atoms with Crippen molar-refractivity contribution in [2.24, 2.45) is 0 Å². The summed E-state index contributed by atoms with van der Waals surface area (Å²) in [5.74, 6) is 1.10. The smallest absolute Gasteiger partial charge is 0.240 e. The van der Waals surface area contributed by atoms with E-state index in [1.807, 2.05) is 18.2 Å². The maximum Gasteiger partial charge on any atom is 0.240 e. The number of hydrogen-bond acceptors (Lipinski definition) is 6. The molecule has 0 aromatic heterocycles. The Labute approximate surface area is 198 Å². The zero-order valence-electron chi connectivity index (χ0n) is 18.6. The Kier molecular flexibility index (Phi) is 6.40. The van der Waals surface area contributed by atoms with E-state index in [9.17, 15) is 12.8 Å². The van der Waals surface area contributed by atoms with Crippen LogP contribution in [0, 0.1) is 5.82 Å². The van der Waals surface area contributed by atoms with Gasteiger partial charge < -0.3 is 14.4 Å². The summed E-state index contributed by atoms with van der Waals surface area (Å²) in [7, 11) is -3.65. The van der Waals surface area contributed by atoms with Crippen LogP contribution in [0.25, 0.3) is 0 Å². The predicted molar refractivity (Wildman–Crippen MR) is 127 cm³/mol. The third kappa shape index (κ3) is 4.86. The van der Waals surface area contributed by atoms with Crippen molar-refractivity contribution in [1.29, 1.82) is 0 Å². The van der Waals surface area contributed by atoms with E-state index in [0.717, 1.165) is 37.4 Å². The van der Waals surface area contributed by atoms with Crippen LogP contribution in [0.5, 0.6) is 11.5 Å². The van der Waals surface area contributed by atoms with Crippen LogP contribution in [0.3, 0.4) is 0 Å². The van der Waals surface area contributed by atoms with Gasteiger partial charge in [0, 0.05) is 44.5 Å². The molecule has 3 aromatic carbocycles. The summed E-state index contributed by atoms with van der Waals surface area (Å²) < 4.78 is 52.9. The number of nitrogens with one attached hydrogen (secondary N) is 1. The van der Waals surface area contributed by atoms with Crippen LogP contribution < -0.4 is 19.1 Å². The summed E-state index contributed by atoms with van der Waals surface area (Å²) >= 11 is 0. The molecule has 34 heavy (non-hydrogen) atoms. The maximum absolute atomic E-state index is 13.3. The first-order valence-electron chi connectivity index (χ1n) is 11.2. The zero-order chi connectivity index (χ0) is 23.5. The van der Waals surface area contributed by atoms with Crippen LogP contribution in [-0.2, 0) is 10.0 Å². The molecule has 0 bridgehead atoms. The number of nitrogens with zero attached hydrogens (tertiary/aromatic N) is 2. The largest absolute Gasteiger partial charge is 0.454 e. The summed E-state index contributed by atoms with van der Waals surface area (Å²) in [4.78, 5) is 4.71. The van der Waals surface area contributed by atoms with Crippen molar-refractivity contribution in [3.8, 4) is 11.5 Å². The van der Waals surface area contributed by atoms with Crippen molar-refractivity contribution < 1.29 is 22.3 Å². The fraction of sp³-hybridized carbons (Fsp3) is 0.280. The van der Waals surface area contributed by atoms with E-state index < -0.39 is 10.0 Å². The Bertz CT molecular complexity index is 1230. The van der Waals surface area contributed by atoms with E-state index in [-0.39, 0.29) is 30.1 Å². The van der Waals surface area contributed by atoms with Crippen LogP contribution in [-0.4, -0.2) is 52.8 Å². The highest BCUT2D eigenvalue weighted by atomic mass is 32.2. The van der Waals surface area contributed by atoms with Gasteiger partial charge in [-0.1, -0.05) is 24.3 Å². The van der Waals surface area contributed by atoms with E-state index in [4.69, 9.17) is 9.47 Å². The Morgan fingerprint density at radius 2 is 1.59 bits per heavy atom. The second kappa shape index (κ2) is 9.61. The molecule has 0 aliphatic carbocycles. The van der Waals surface area contributed by atoms with Gasteiger partial charge in [-0.2, -0.15) is 0 Å². The molecule has 0 saturated carbocycles. The molecular weight excluding hydrogens is 457 g/mol. The standard InChI is InChI=1S/C25H26FN3O4S/c26-20-7-9-21(10-8-20)28-12-14-29(15-13-28)23(19-6-11-24-25(16-19)33-18-32-24)17-27-34(30,31)22-4-2-1-3-5-22/h1-11,16,23,27H,12-15,17-18H2. The molecule has 1 atom stereocenters. The SMILES string of the molecule is O=S(=O)(NCC(c1ccc2c(c1)OCO2)N1CCN(c2ccc(F)cc2)CC1)c1ccccc1. The van der Waals surface area contributed by atoms with Crippen LogP contribution in [0.1, 0.15) is 11.6 Å². The number of halogens is 1. The lowest BCUT2D eigenvalue weighted by molar-refractivity contribution is 0.173. The van der Waals surface area contributed by atoms with Crippen molar-refractivity contribution in [3.05, 3.63) is 84.2 Å². The van der Waals surface area contributed by atoms with Gasteiger partial charge in [-0.05, 0) is 54.1 Å². The van der Waals surface area contributed by atoms with E-state index >= 15 is 0 Å². The van der Waals surface area contributed by atoms with Crippen molar-refractivity contribution in [1.82, 2.24) is 9.62 Å². The first kappa shape index (κ1) is 22.6. The number of piperazine rings is 1. The highest BCUT2D eigenvalue weighted by Gasteiger charge is 2.28. The van der Waals surface area contributed by atoms with Crippen molar-refractivity contribution in [2.75, 3.05) is 44.4 Å². The molecule has 0 amide bonds. The second-order valence-electron chi connectivity index (χ2n) is 8.29. The minimum absolute atomic E-state index is 0.181. The molecule has 5 rings (SSSR count). The lowest BCUT2D eigenvalue weighted by atomic mass is 10.0. The van der Waals surface area contributed by atoms with Crippen LogP contribution in [0.4, 0.5) is 10.1 Å². The van der Waals surface area contributed by atoms with Gasteiger partial charge >= 0.3 is 0 Å². The Morgan fingerprint density at radius 3 is 2.32 bits per heavy atom. The summed E-state index contributed by atoms with van der Waals surface area (Å²) in [5, 5.41) is 0. The maximum atomic E-state index is 13.3. The summed E-state index contributed by atoms with van der Waals surface area (Å²) in [6, 6.07) is 20.4. The molecule has 0 radical (unpaired) electrons. The van der Waals surface area contributed by atoms with E-state index in [0.29, 0.717) is 11.5 Å². The van der Waals surface area contributed by atoms with Gasteiger partial charge in [0.15, 0.2) is 11.5 Å². The number of anilines is 1. The highest BCUT2D eigenvalue weighted by Crippen LogP contribution is 2.36. The van der Waals surface area contributed by atoms with Crippen molar-refractivity contribution in [2.45, 2.75) is 10.9 Å². The molecular formula is C25H26FN3O4S. The van der Waals surface area contributed by atoms with E-state index in [1.165, 1.54) is 12.1 Å². The Balaban J connectivity index is 1.35. The van der Waals surface area contributed by atoms with Crippen LogP contribution >= 0.6 is 0 Å². The number of rotatable bonds is 7. The molecule has 1 saturated heterocycles. The molecule has 1 unspecified atom stereocenters. The topological polar surface area (TPSA) is 71.1 Å². The van der Waals surface area contributed by atoms with Crippen LogP contribution in [0.15, 0.2) is 77.7 Å². The minimum Gasteiger partial charge on any atom is -0.454 e. The summed E-state index contributed by atoms with van der Waals surface area (Å²) in [5.41, 5.74) is 1.93. The van der Waals surface area contributed by atoms with Gasteiger partial charge in [0.25, 0.3) is 0 Å². The molecule has 1 fully saturated rings. The number of hydrogen-bond donors (Lipinski definition) is 1. The highest BCUT2D eigenvalue weighted by molar-refractivity contribution is 7.89. The number of fused-ring (bicyclic) bond motifs is 1. The molecule has 2 heterocycles. The molecule has 178 valence electrons. The van der Waals surface area contributed by atoms with Gasteiger partial charge in [0.1, 0.15) is 5.82 Å². The average molecular weight is 484 g/mol. The molecule has 3 aromatic rings. The predicted octanol–water partition coefficient (Wildman–Crippen LogP) is 3.40. The number of benzene rings is 3. The average Bonchev–Trinajstić information content (AvgIpc) is 3.34. The first-order chi connectivity index (χ1) is 16.5. The normalized spacial score (nSPS) is 17.0. The fourth-order valence-electron chi connectivity index (χ4n) is 4.39. The Hall–Kier alpha value is -3.14. The van der Waals surface area contributed by atoms with Gasteiger partial charge in [-0.15, -0.1) is 0 Å². The molecule has 0 spiro atoms. The number of ether oxygens (including phenoxy) is 2. The molecule has 9 heteroatoms. The lowest BCUT2D eigenvalue weighted by Gasteiger charge is -2.40. The first-order valence-corrected chi connectivity index (χ1v) is 12.7. The molecule has 7 nitrogen and oxygen atoms in total. The van der Waals surface area contributed by atoms with Crippen molar-refractivity contribution >= 4 is 15.7 Å². The monoisotopic (exact) mass is 483 g/mol. The van der Waals surface area contributed by atoms with Gasteiger partial charge in [-0.25, -0.2) is 17.5 Å². The third-order valence-electron chi connectivity index (χ3n) is 6.25. The Morgan fingerprint density at radius 1 is 0.882 bits per heavy atom. The lowest BCUT2D eigenvalue weighted by Crippen LogP contribution is -2.49. The second-order valence-corrected chi connectivity index (χ2v) is 10.1. The minimum atomic E-state index is -3.65. The molecule has 2 aliphatic heterocycles. The zero-order valence-corrected chi connectivity index (χ0v) is 19.4. The van der Waals surface area contributed by atoms with E-state index in [1.54, 1.807) is 42.5 Å². The third-order valence-corrected chi connectivity index (χ3v) is 7.69. The molecule has 2 aliphatic rings. The quantitative estimate of drug-likeness (QED) is 0.556. The fourth-order valence-corrected chi connectivity index (χ4v) is 5.45.